The molecule has 2 rings (SSSR count). The van der Waals surface area contributed by atoms with E-state index < -0.39 is 11.6 Å². The maximum absolute atomic E-state index is 12.9. The van der Waals surface area contributed by atoms with Crippen LogP contribution in [-0.2, 0) is 0 Å². The normalized spacial score (nSPS) is 10.3. The largest absolute Gasteiger partial charge is 0.397 e. The van der Waals surface area contributed by atoms with Gasteiger partial charge in [-0.2, -0.15) is 0 Å². The van der Waals surface area contributed by atoms with E-state index >= 15 is 0 Å². The first-order valence-electron chi connectivity index (χ1n) is 4.33. The van der Waals surface area contributed by atoms with Gasteiger partial charge in [0.1, 0.15) is 11.6 Å². The van der Waals surface area contributed by atoms with Crippen molar-refractivity contribution in [2.45, 2.75) is 0 Å². The lowest BCUT2D eigenvalue weighted by Gasteiger charge is -2.01. The van der Waals surface area contributed by atoms with Crippen LogP contribution in [0.3, 0.4) is 0 Å². The molecule has 1 heterocycles. The number of rotatable bonds is 1. The highest BCUT2D eigenvalue weighted by Crippen LogP contribution is 2.19. The standard InChI is InChI=1S/C11H8F2N2/c12-8-3-7(4-9(13)5-8)11-2-1-10(14)6-15-11/h1-6H,14H2. The molecule has 0 atom stereocenters. The molecule has 4 heteroatoms. The summed E-state index contributed by atoms with van der Waals surface area (Å²) in [6, 6.07) is 6.51. The van der Waals surface area contributed by atoms with Crippen molar-refractivity contribution in [2.24, 2.45) is 0 Å². The van der Waals surface area contributed by atoms with Crippen molar-refractivity contribution < 1.29 is 8.78 Å². The summed E-state index contributed by atoms with van der Waals surface area (Å²) in [7, 11) is 0. The topological polar surface area (TPSA) is 38.9 Å². The number of aromatic nitrogens is 1. The number of halogens is 2. The van der Waals surface area contributed by atoms with Crippen LogP contribution < -0.4 is 5.73 Å². The molecular formula is C11H8F2N2. The van der Waals surface area contributed by atoms with Crippen molar-refractivity contribution in [1.29, 1.82) is 0 Å². The van der Waals surface area contributed by atoms with Crippen LogP contribution in [0.1, 0.15) is 0 Å². The van der Waals surface area contributed by atoms with Gasteiger partial charge in [-0.3, -0.25) is 4.98 Å². The second-order valence-electron chi connectivity index (χ2n) is 3.13. The van der Waals surface area contributed by atoms with Crippen LogP contribution in [0.5, 0.6) is 0 Å². The van der Waals surface area contributed by atoms with Crippen LogP contribution in [-0.4, -0.2) is 4.98 Å². The highest BCUT2D eigenvalue weighted by atomic mass is 19.1. The van der Waals surface area contributed by atoms with Crippen LogP contribution in [0.15, 0.2) is 36.5 Å². The molecule has 2 nitrogen and oxygen atoms in total. The maximum Gasteiger partial charge on any atom is 0.126 e. The summed E-state index contributed by atoms with van der Waals surface area (Å²) >= 11 is 0. The van der Waals surface area contributed by atoms with E-state index in [-0.39, 0.29) is 0 Å². The van der Waals surface area contributed by atoms with Gasteiger partial charge in [0.25, 0.3) is 0 Å². The maximum atomic E-state index is 12.9. The van der Waals surface area contributed by atoms with E-state index in [2.05, 4.69) is 4.98 Å². The van der Waals surface area contributed by atoms with Crippen LogP contribution in [0.2, 0.25) is 0 Å². The molecule has 0 unspecified atom stereocenters. The molecule has 0 aliphatic heterocycles. The van der Waals surface area contributed by atoms with Gasteiger partial charge in [0.05, 0.1) is 17.6 Å². The number of nitrogen functional groups attached to an aromatic ring is 1. The summed E-state index contributed by atoms with van der Waals surface area (Å²) in [5.41, 5.74) is 6.85. The van der Waals surface area contributed by atoms with E-state index in [0.29, 0.717) is 16.9 Å². The molecule has 1 aromatic heterocycles. The van der Waals surface area contributed by atoms with Gasteiger partial charge in [-0.05, 0) is 24.3 Å². The van der Waals surface area contributed by atoms with Crippen molar-refractivity contribution in [3.05, 3.63) is 48.2 Å². The monoisotopic (exact) mass is 206 g/mol. The Kier molecular flexibility index (Phi) is 2.33. The van der Waals surface area contributed by atoms with E-state index in [9.17, 15) is 8.78 Å². The summed E-state index contributed by atoms with van der Waals surface area (Å²) in [5, 5.41) is 0. The molecule has 2 N–H and O–H groups in total. The van der Waals surface area contributed by atoms with Gasteiger partial charge in [-0.25, -0.2) is 8.78 Å². The summed E-state index contributed by atoms with van der Waals surface area (Å²) in [6.45, 7) is 0. The molecular weight excluding hydrogens is 198 g/mol. The molecule has 0 saturated carbocycles. The Hall–Kier alpha value is -1.97. The van der Waals surface area contributed by atoms with Crippen LogP contribution in [0.25, 0.3) is 11.3 Å². The van der Waals surface area contributed by atoms with Gasteiger partial charge in [0, 0.05) is 11.6 Å². The number of nitrogens with zero attached hydrogens (tertiary/aromatic N) is 1. The predicted octanol–water partition coefficient (Wildman–Crippen LogP) is 2.61. The zero-order valence-electron chi connectivity index (χ0n) is 7.74. The molecule has 0 saturated heterocycles. The van der Waals surface area contributed by atoms with Crippen molar-refractivity contribution in [1.82, 2.24) is 4.98 Å². The van der Waals surface area contributed by atoms with E-state index in [1.807, 2.05) is 0 Å². The second kappa shape index (κ2) is 3.65. The van der Waals surface area contributed by atoms with E-state index in [1.165, 1.54) is 18.3 Å². The van der Waals surface area contributed by atoms with Crippen molar-refractivity contribution in [3.63, 3.8) is 0 Å². The van der Waals surface area contributed by atoms with Crippen LogP contribution in [0.4, 0.5) is 14.5 Å². The summed E-state index contributed by atoms with van der Waals surface area (Å²) in [6.07, 6.45) is 1.44. The zero-order chi connectivity index (χ0) is 10.8. The molecule has 0 aliphatic rings. The Morgan fingerprint density at radius 2 is 1.67 bits per heavy atom. The minimum Gasteiger partial charge on any atom is -0.397 e. The number of hydrogen-bond donors (Lipinski definition) is 1. The fourth-order valence-corrected chi connectivity index (χ4v) is 1.28. The summed E-state index contributed by atoms with van der Waals surface area (Å²) < 4.78 is 25.8. The molecule has 0 amide bonds. The number of hydrogen-bond acceptors (Lipinski definition) is 2. The number of pyridine rings is 1. The molecule has 76 valence electrons. The highest BCUT2D eigenvalue weighted by molar-refractivity contribution is 5.60. The van der Waals surface area contributed by atoms with Crippen molar-refractivity contribution in [2.75, 3.05) is 5.73 Å². The quantitative estimate of drug-likeness (QED) is 0.778. The van der Waals surface area contributed by atoms with Gasteiger partial charge in [0.15, 0.2) is 0 Å². The summed E-state index contributed by atoms with van der Waals surface area (Å²) in [4.78, 5) is 3.97. The second-order valence-corrected chi connectivity index (χ2v) is 3.13. The third-order valence-electron chi connectivity index (χ3n) is 1.94. The lowest BCUT2D eigenvalue weighted by atomic mass is 10.1. The van der Waals surface area contributed by atoms with Crippen LogP contribution >= 0.6 is 0 Å². The molecule has 15 heavy (non-hydrogen) atoms. The number of nitrogens with two attached hydrogens (primary N) is 1. The van der Waals surface area contributed by atoms with E-state index in [1.54, 1.807) is 12.1 Å². The third-order valence-corrected chi connectivity index (χ3v) is 1.94. The van der Waals surface area contributed by atoms with E-state index in [4.69, 9.17) is 5.73 Å². The average molecular weight is 206 g/mol. The van der Waals surface area contributed by atoms with Gasteiger partial charge in [-0.15, -0.1) is 0 Å². The van der Waals surface area contributed by atoms with Crippen molar-refractivity contribution >= 4 is 5.69 Å². The Bertz CT molecular complexity index is 460. The Labute approximate surface area is 85.4 Å². The third kappa shape index (κ3) is 2.10. The molecule has 2 aromatic rings. The molecule has 1 aromatic carbocycles. The Morgan fingerprint density at radius 1 is 1.00 bits per heavy atom. The Balaban J connectivity index is 2.49. The van der Waals surface area contributed by atoms with Gasteiger partial charge < -0.3 is 5.73 Å². The number of anilines is 1. The van der Waals surface area contributed by atoms with Gasteiger partial charge >= 0.3 is 0 Å². The average Bonchev–Trinajstić information content (AvgIpc) is 2.17. The number of benzene rings is 1. The first-order chi connectivity index (χ1) is 7.15. The highest BCUT2D eigenvalue weighted by Gasteiger charge is 2.03. The zero-order valence-corrected chi connectivity index (χ0v) is 7.74. The molecule has 0 aliphatic carbocycles. The Morgan fingerprint density at radius 3 is 2.20 bits per heavy atom. The molecule has 0 fully saturated rings. The lowest BCUT2D eigenvalue weighted by Crippen LogP contribution is -1.89. The lowest BCUT2D eigenvalue weighted by molar-refractivity contribution is 0.584. The predicted molar refractivity (Wildman–Crippen MR) is 54.0 cm³/mol. The minimum absolute atomic E-state index is 0.396. The first kappa shape index (κ1) is 9.58. The molecule has 0 radical (unpaired) electrons. The molecule has 0 spiro atoms. The minimum atomic E-state index is -0.622. The first-order valence-corrected chi connectivity index (χ1v) is 4.33. The van der Waals surface area contributed by atoms with E-state index in [0.717, 1.165) is 6.07 Å². The fourth-order valence-electron chi connectivity index (χ4n) is 1.28. The van der Waals surface area contributed by atoms with Gasteiger partial charge in [-0.1, -0.05) is 0 Å². The van der Waals surface area contributed by atoms with Crippen LogP contribution in [0, 0.1) is 11.6 Å². The van der Waals surface area contributed by atoms with Crippen molar-refractivity contribution in [3.8, 4) is 11.3 Å². The SMILES string of the molecule is Nc1ccc(-c2cc(F)cc(F)c2)nc1. The smallest absolute Gasteiger partial charge is 0.126 e. The van der Waals surface area contributed by atoms with Gasteiger partial charge in [0.2, 0.25) is 0 Å². The summed E-state index contributed by atoms with van der Waals surface area (Å²) in [5.74, 6) is -1.24. The fraction of sp³-hybridized carbons (Fsp3) is 0. The molecule has 0 bridgehead atoms.